The number of imide groups is 1. The van der Waals surface area contributed by atoms with Gasteiger partial charge in [-0.25, -0.2) is 4.79 Å². The molecular weight excluding hydrogens is 180 g/mol. The summed E-state index contributed by atoms with van der Waals surface area (Å²) in [6.07, 6.45) is 2.90. The number of nitrogens with one attached hydrogen (secondary N) is 2. The molecule has 2 N–H and O–H groups in total. The van der Waals surface area contributed by atoms with Crippen LogP contribution in [0.2, 0.25) is 0 Å². The van der Waals surface area contributed by atoms with E-state index in [1.54, 1.807) is 0 Å². The summed E-state index contributed by atoms with van der Waals surface area (Å²) in [7, 11) is 0. The van der Waals surface area contributed by atoms with Gasteiger partial charge in [-0.05, 0) is 20.3 Å². The van der Waals surface area contributed by atoms with Gasteiger partial charge in [-0.3, -0.25) is 10.1 Å². The Morgan fingerprint density at radius 1 is 1.57 bits per heavy atom. The van der Waals surface area contributed by atoms with Gasteiger partial charge < -0.3 is 5.32 Å². The van der Waals surface area contributed by atoms with Crippen molar-refractivity contribution in [2.75, 3.05) is 6.54 Å². The van der Waals surface area contributed by atoms with Crippen molar-refractivity contribution in [3.63, 3.8) is 0 Å². The fourth-order valence-corrected chi connectivity index (χ4v) is 1.47. The van der Waals surface area contributed by atoms with Crippen LogP contribution < -0.4 is 10.6 Å². The van der Waals surface area contributed by atoms with E-state index in [-0.39, 0.29) is 5.91 Å². The molecule has 1 saturated heterocycles. The summed E-state index contributed by atoms with van der Waals surface area (Å²) in [4.78, 5) is 22.5. The Kier molecular flexibility index (Phi) is 2.93. The predicted molar refractivity (Wildman–Crippen MR) is 53.7 cm³/mol. The van der Waals surface area contributed by atoms with Crippen LogP contribution in [0.3, 0.4) is 0 Å². The maximum Gasteiger partial charge on any atom is 0.321 e. The van der Waals surface area contributed by atoms with E-state index < -0.39 is 11.4 Å². The molecule has 14 heavy (non-hydrogen) atoms. The van der Waals surface area contributed by atoms with Crippen molar-refractivity contribution in [1.82, 2.24) is 10.6 Å². The van der Waals surface area contributed by atoms with Crippen LogP contribution >= 0.6 is 0 Å². The van der Waals surface area contributed by atoms with E-state index in [1.165, 1.54) is 0 Å². The molecule has 0 aromatic rings. The Labute approximate surface area is 83.8 Å². The lowest BCUT2D eigenvalue weighted by Crippen LogP contribution is -2.58. The van der Waals surface area contributed by atoms with Gasteiger partial charge in [0.05, 0.1) is 5.41 Å². The molecule has 3 amide bonds. The Hall–Kier alpha value is -1.32. The van der Waals surface area contributed by atoms with Crippen molar-refractivity contribution < 1.29 is 9.59 Å². The number of amides is 3. The molecule has 1 rings (SSSR count). The standard InChI is InChI=1S/C10H16N2O2/c1-4-5-7(2)10(3)6-11-9(14)12-8(10)13/h5H,4,6H2,1-3H3,(H2,11,12,13,14). The molecule has 78 valence electrons. The second-order valence-corrected chi connectivity index (χ2v) is 3.76. The van der Waals surface area contributed by atoms with Crippen molar-refractivity contribution in [1.29, 1.82) is 0 Å². The largest absolute Gasteiger partial charge is 0.336 e. The highest BCUT2D eigenvalue weighted by atomic mass is 16.2. The zero-order chi connectivity index (χ0) is 10.8. The van der Waals surface area contributed by atoms with E-state index >= 15 is 0 Å². The Balaban J connectivity index is 2.89. The van der Waals surface area contributed by atoms with Crippen molar-refractivity contribution in [2.45, 2.75) is 27.2 Å². The number of rotatable bonds is 2. The third-order valence-electron chi connectivity index (χ3n) is 2.71. The minimum Gasteiger partial charge on any atom is -0.336 e. The van der Waals surface area contributed by atoms with Gasteiger partial charge in [-0.2, -0.15) is 0 Å². The molecule has 1 aliphatic rings. The van der Waals surface area contributed by atoms with Gasteiger partial charge in [0, 0.05) is 6.54 Å². The van der Waals surface area contributed by atoms with Crippen LogP contribution in [0.15, 0.2) is 11.6 Å². The lowest BCUT2D eigenvalue weighted by atomic mass is 9.80. The molecule has 1 atom stereocenters. The van der Waals surface area contributed by atoms with Crippen LogP contribution in [0.5, 0.6) is 0 Å². The topological polar surface area (TPSA) is 58.2 Å². The Morgan fingerprint density at radius 2 is 2.21 bits per heavy atom. The van der Waals surface area contributed by atoms with Crippen molar-refractivity contribution in [2.24, 2.45) is 5.41 Å². The summed E-state index contributed by atoms with van der Waals surface area (Å²) in [6, 6.07) is -0.406. The molecule has 0 spiro atoms. The first kappa shape index (κ1) is 10.8. The number of carbonyl (C=O) groups is 2. The minimum atomic E-state index is -0.593. The van der Waals surface area contributed by atoms with Gasteiger partial charge >= 0.3 is 6.03 Å². The lowest BCUT2D eigenvalue weighted by molar-refractivity contribution is -0.127. The Bertz CT molecular complexity index is 296. The Morgan fingerprint density at radius 3 is 2.71 bits per heavy atom. The first-order valence-corrected chi connectivity index (χ1v) is 4.77. The van der Waals surface area contributed by atoms with Gasteiger partial charge in [0.15, 0.2) is 0 Å². The van der Waals surface area contributed by atoms with E-state index in [0.717, 1.165) is 12.0 Å². The first-order chi connectivity index (χ1) is 6.50. The molecule has 0 bridgehead atoms. The number of urea groups is 1. The fourth-order valence-electron chi connectivity index (χ4n) is 1.47. The lowest BCUT2D eigenvalue weighted by Gasteiger charge is -2.33. The van der Waals surface area contributed by atoms with Gasteiger partial charge in [0.25, 0.3) is 0 Å². The van der Waals surface area contributed by atoms with Crippen LogP contribution in [-0.2, 0) is 4.79 Å². The zero-order valence-electron chi connectivity index (χ0n) is 8.81. The predicted octanol–water partition coefficient (Wildman–Crippen LogP) is 1.19. The highest BCUT2D eigenvalue weighted by Gasteiger charge is 2.39. The van der Waals surface area contributed by atoms with Gasteiger partial charge in [-0.1, -0.05) is 18.6 Å². The molecule has 0 radical (unpaired) electrons. The number of hydrogen-bond acceptors (Lipinski definition) is 2. The molecule has 1 unspecified atom stereocenters. The van der Waals surface area contributed by atoms with E-state index in [0.29, 0.717) is 6.54 Å². The van der Waals surface area contributed by atoms with Crippen LogP contribution in [0, 0.1) is 5.41 Å². The summed E-state index contributed by atoms with van der Waals surface area (Å²) >= 11 is 0. The molecule has 1 aliphatic heterocycles. The highest BCUT2D eigenvalue weighted by molar-refractivity contribution is 6.01. The quantitative estimate of drug-likeness (QED) is 0.652. The summed E-state index contributed by atoms with van der Waals surface area (Å²) in [5.41, 5.74) is 0.404. The first-order valence-electron chi connectivity index (χ1n) is 4.77. The average molecular weight is 196 g/mol. The highest BCUT2D eigenvalue weighted by Crippen LogP contribution is 2.28. The maximum absolute atomic E-state index is 11.6. The number of hydrogen-bond donors (Lipinski definition) is 2. The van der Waals surface area contributed by atoms with Gasteiger partial charge in [0.2, 0.25) is 5.91 Å². The number of allylic oxidation sites excluding steroid dienone is 1. The monoisotopic (exact) mass is 196 g/mol. The van der Waals surface area contributed by atoms with Crippen LogP contribution in [0.4, 0.5) is 4.79 Å². The van der Waals surface area contributed by atoms with Crippen molar-refractivity contribution in [3.05, 3.63) is 11.6 Å². The molecular formula is C10H16N2O2. The number of carbonyl (C=O) groups excluding carboxylic acids is 2. The molecule has 0 aromatic carbocycles. The molecule has 1 heterocycles. The van der Waals surface area contributed by atoms with E-state index in [2.05, 4.69) is 10.6 Å². The minimum absolute atomic E-state index is 0.219. The smallest absolute Gasteiger partial charge is 0.321 e. The third-order valence-corrected chi connectivity index (χ3v) is 2.71. The summed E-state index contributed by atoms with van der Waals surface area (Å²) in [6.45, 7) is 6.15. The maximum atomic E-state index is 11.6. The molecule has 4 heteroatoms. The summed E-state index contributed by atoms with van der Waals surface area (Å²) in [5, 5.41) is 4.91. The zero-order valence-corrected chi connectivity index (χ0v) is 8.81. The average Bonchev–Trinajstić information content (AvgIpc) is 2.12. The molecule has 0 aromatic heterocycles. The summed E-state index contributed by atoms with van der Waals surface area (Å²) < 4.78 is 0. The second-order valence-electron chi connectivity index (χ2n) is 3.76. The third kappa shape index (κ3) is 1.78. The molecule has 0 aliphatic carbocycles. The molecule has 0 saturated carbocycles. The molecule has 4 nitrogen and oxygen atoms in total. The van der Waals surface area contributed by atoms with E-state index in [9.17, 15) is 9.59 Å². The van der Waals surface area contributed by atoms with E-state index in [1.807, 2.05) is 26.8 Å². The second kappa shape index (κ2) is 3.82. The fraction of sp³-hybridized carbons (Fsp3) is 0.600. The van der Waals surface area contributed by atoms with Gasteiger partial charge in [-0.15, -0.1) is 0 Å². The van der Waals surface area contributed by atoms with Crippen molar-refractivity contribution >= 4 is 11.9 Å². The molecule has 1 fully saturated rings. The summed E-state index contributed by atoms with van der Waals surface area (Å²) in [5.74, 6) is -0.219. The van der Waals surface area contributed by atoms with E-state index in [4.69, 9.17) is 0 Å². The SMILES string of the molecule is CCC=C(C)C1(C)CNC(=O)NC1=O. The van der Waals surface area contributed by atoms with Crippen molar-refractivity contribution in [3.8, 4) is 0 Å². The van der Waals surface area contributed by atoms with Crippen LogP contribution in [0.25, 0.3) is 0 Å². The van der Waals surface area contributed by atoms with Crippen LogP contribution in [-0.4, -0.2) is 18.5 Å². The normalized spacial score (nSPS) is 28.4. The van der Waals surface area contributed by atoms with Gasteiger partial charge in [0.1, 0.15) is 0 Å². The van der Waals surface area contributed by atoms with Crippen LogP contribution in [0.1, 0.15) is 27.2 Å².